The molecule has 0 amide bonds. The molecule has 0 unspecified atom stereocenters. The summed E-state index contributed by atoms with van der Waals surface area (Å²) in [4.78, 5) is 11.8. The number of aromatic nitrogens is 4. The highest BCUT2D eigenvalue weighted by Gasteiger charge is 2.55. The Hall–Kier alpha value is -1.85. The minimum Gasteiger partial charge on any atom is -0.394 e. The topological polar surface area (TPSA) is 160 Å². The van der Waals surface area contributed by atoms with E-state index in [2.05, 4.69) is 15.0 Å². The van der Waals surface area contributed by atoms with Crippen molar-refractivity contribution >= 4 is 17.0 Å². The summed E-state index contributed by atoms with van der Waals surface area (Å²) in [6.07, 6.45) is -1.39. The van der Waals surface area contributed by atoms with Crippen LogP contribution in [0.4, 0.5) is 5.82 Å². The molecule has 1 saturated heterocycles. The first-order valence-electron chi connectivity index (χ1n) is 6.25. The van der Waals surface area contributed by atoms with E-state index in [0.29, 0.717) is 0 Å². The molecule has 0 saturated carbocycles. The number of ether oxygens (including phenoxy) is 1. The molecule has 10 nitrogen and oxygen atoms in total. The van der Waals surface area contributed by atoms with Crippen LogP contribution < -0.4 is 5.73 Å². The van der Waals surface area contributed by atoms with Gasteiger partial charge in [0.1, 0.15) is 30.2 Å². The largest absolute Gasteiger partial charge is 0.394 e. The summed E-state index contributed by atoms with van der Waals surface area (Å²) in [5.41, 5.74) is 4.50. The summed E-state index contributed by atoms with van der Waals surface area (Å²) in [5.74, 6) is 0.138. The Balaban J connectivity index is 2.17. The van der Waals surface area contributed by atoms with E-state index >= 15 is 0 Å². The van der Waals surface area contributed by atoms with Gasteiger partial charge in [0.25, 0.3) is 0 Å². The van der Waals surface area contributed by atoms with E-state index in [0.717, 1.165) is 0 Å². The molecule has 21 heavy (non-hydrogen) atoms. The Morgan fingerprint density at radius 3 is 2.67 bits per heavy atom. The number of aliphatic hydroxyl groups excluding tert-OH is 4. The smallest absolute Gasteiger partial charge is 0.199 e. The summed E-state index contributed by atoms with van der Waals surface area (Å²) in [6.45, 7) is -1.17. The van der Waals surface area contributed by atoms with Crippen molar-refractivity contribution < 1.29 is 25.2 Å². The van der Waals surface area contributed by atoms with Crippen molar-refractivity contribution in [1.82, 2.24) is 19.5 Å². The number of hydrogen-bond acceptors (Lipinski definition) is 9. The fraction of sp³-hybridized carbons (Fsp3) is 0.545. The van der Waals surface area contributed by atoms with Crippen LogP contribution in [0.2, 0.25) is 0 Å². The van der Waals surface area contributed by atoms with Gasteiger partial charge in [0.05, 0.1) is 19.5 Å². The van der Waals surface area contributed by atoms with Crippen LogP contribution >= 0.6 is 0 Å². The quantitative estimate of drug-likeness (QED) is 0.402. The molecule has 0 bridgehead atoms. The van der Waals surface area contributed by atoms with Gasteiger partial charge in [0.15, 0.2) is 17.2 Å². The van der Waals surface area contributed by atoms with Gasteiger partial charge in [0.2, 0.25) is 0 Å². The number of nitrogens with two attached hydrogens (primary N) is 1. The zero-order valence-corrected chi connectivity index (χ0v) is 10.9. The van der Waals surface area contributed by atoms with E-state index in [4.69, 9.17) is 10.5 Å². The molecule has 114 valence electrons. The Kier molecular flexibility index (Phi) is 3.26. The lowest BCUT2D eigenvalue weighted by Gasteiger charge is -2.31. The summed E-state index contributed by atoms with van der Waals surface area (Å²) < 4.78 is 6.77. The second-order valence-electron chi connectivity index (χ2n) is 4.82. The van der Waals surface area contributed by atoms with Crippen LogP contribution in [0.3, 0.4) is 0 Å². The Morgan fingerprint density at radius 1 is 1.29 bits per heavy atom. The van der Waals surface area contributed by atoms with Crippen LogP contribution in [0.1, 0.15) is 0 Å². The van der Waals surface area contributed by atoms with Crippen LogP contribution in [0.25, 0.3) is 11.2 Å². The van der Waals surface area contributed by atoms with Crippen molar-refractivity contribution in [3.05, 3.63) is 12.7 Å². The number of rotatable bonds is 3. The Bertz CT molecular complexity index is 663. The van der Waals surface area contributed by atoms with Crippen molar-refractivity contribution in [3.63, 3.8) is 0 Å². The minimum atomic E-state index is -1.71. The zero-order valence-electron chi connectivity index (χ0n) is 10.9. The predicted octanol–water partition coefficient (Wildman–Crippen LogP) is -2.83. The highest BCUT2D eigenvalue weighted by molar-refractivity contribution is 5.81. The van der Waals surface area contributed by atoms with Gasteiger partial charge in [-0.1, -0.05) is 0 Å². The van der Waals surface area contributed by atoms with Crippen molar-refractivity contribution in [1.29, 1.82) is 0 Å². The second kappa shape index (κ2) is 4.86. The first-order valence-corrected chi connectivity index (χ1v) is 6.25. The molecule has 6 N–H and O–H groups in total. The van der Waals surface area contributed by atoms with Crippen LogP contribution in [0.5, 0.6) is 0 Å². The molecule has 4 atom stereocenters. The summed E-state index contributed by atoms with van der Waals surface area (Å²) in [6, 6.07) is 0. The van der Waals surface area contributed by atoms with Gasteiger partial charge in [-0.3, -0.25) is 4.57 Å². The highest BCUT2D eigenvalue weighted by atomic mass is 16.6. The van der Waals surface area contributed by atoms with Crippen LogP contribution in [-0.2, 0) is 10.5 Å². The number of anilines is 1. The van der Waals surface area contributed by atoms with Crippen molar-refractivity contribution in [2.45, 2.75) is 24.0 Å². The molecular weight excluding hydrogens is 282 g/mol. The lowest BCUT2D eigenvalue weighted by atomic mass is 10.0. The number of aliphatic hydroxyl groups is 4. The molecule has 3 heterocycles. The van der Waals surface area contributed by atoms with E-state index in [1.54, 1.807) is 0 Å². The van der Waals surface area contributed by atoms with E-state index in [1.165, 1.54) is 17.2 Å². The third-order valence-electron chi connectivity index (χ3n) is 3.70. The molecule has 1 aliphatic rings. The molecule has 0 spiro atoms. The van der Waals surface area contributed by atoms with Crippen LogP contribution in [0, 0.1) is 0 Å². The molecule has 0 aliphatic carbocycles. The monoisotopic (exact) mass is 297 g/mol. The normalized spacial score (nSPS) is 32.9. The second-order valence-corrected chi connectivity index (χ2v) is 4.82. The van der Waals surface area contributed by atoms with Crippen molar-refractivity contribution in [3.8, 4) is 0 Å². The van der Waals surface area contributed by atoms with Crippen LogP contribution in [-0.4, -0.2) is 71.5 Å². The number of imidazole rings is 1. The van der Waals surface area contributed by atoms with Gasteiger partial charge >= 0.3 is 0 Å². The molecular formula is C11H15N5O5. The van der Waals surface area contributed by atoms with Gasteiger partial charge in [-0.15, -0.1) is 0 Å². The van der Waals surface area contributed by atoms with Crippen molar-refractivity contribution in [2.24, 2.45) is 0 Å². The van der Waals surface area contributed by atoms with E-state index in [9.17, 15) is 20.4 Å². The third kappa shape index (κ3) is 1.81. The van der Waals surface area contributed by atoms with Gasteiger partial charge in [-0.2, -0.15) is 0 Å². The molecule has 1 aliphatic heterocycles. The van der Waals surface area contributed by atoms with Gasteiger partial charge in [-0.25, -0.2) is 15.0 Å². The fourth-order valence-electron chi connectivity index (χ4n) is 2.55. The molecule has 2 aromatic rings. The molecule has 0 aromatic carbocycles. The lowest BCUT2D eigenvalue weighted by Crippen LogP contribution is -2.48. The fourth-order valence-corrected chi connectivity index (χ4v) is 2.55. The highest BCUT2D eigenvalue weighted by Crippen LogP contribution is 2.37. The lowest BCUT2D eigenvalue weighted by molar-refractivity contribution is -0.169. The molecule has 1 fully saturated rings. The Labute approximate surface area is 118 Å². The first kappa shape index (κ1) is 14.1. The van der Waals surface area contributed by atoms with E-state index < -0.39 is 37.3 Å². The summed E-state index contributed by atoms with van der Waals surface area (Å²) >= 11 is 0. The third-order valence-corrected chi connectivity index (χ3v) is 3.70. The maximum Gasteiger partial charge on any atom is 0.199 e. The summed E-state index contributed by atoms with van der Waals surface area (Å²) in [7, 11) is 0. The Morgan fingerprint density at radius 2 is 2.05 bits per heavy atom. The average Bonchev–Trinajstić information content (AvgIpc) is 3.03. The SMILES string of the molecule is Nc1ncnc2c1ncn2[C@]1(CO)O[C@H](CO)[C@@H](O)[C@@H]1O. The average molecular weight is 297 g/mol. The molecule has 0 radical (unpaired) electrons. The number of hydrogen-bond donors (Lipinski definition) is 5. The van der Waals surface area contributed by atoms with Gasteiger partial charge in [-0.05, 0) is 0 Å². The number of nitrogens with zero attached hydrogens (tertiary/aromatic N) is 4. The van der Waals surface area contributed by atoms with Crippen molar-refractivity contribution in [2.75, 3.05) is 18.9 Å². The zero-order chi connectivity index (χ0) is 15.2. The van der Waals surface area contributed by atoms with E-state index in [-0.39, 0.29) is 17.0 Å². The maximum absolute atomic E-state index is 10.2. The maximum atomic E-state index is 10.2. The minimum absolute atomic E-state index is 0.138. The van der Waals surface area contributed by atoms with Gasteiger partial charge < -0.3 is 30.9 Å². The standard InChI is InChI=1S/C11H15N5O5/c12-9-6-10(14-3-13-9)16(4-15-6)11(2-18)8(20)7(19)5(1-17)21-11/h3-5,7-8,17-20H,1-2H2,(H2,12,13,14)/t5-,7-,8+,11-/m1/s1. The first-order chi connectivity index (χ1) is 10.0. The summed E-state index contributed by atoms with van der Waals surface area (Å²) in [5, 5.41) is 39.1. The van der Waals surface area contributed by atoms with E-state index in [1.807, 2.05) is 0 Å². The van der Waals surface area contributed by atoms with Crippen LogP contribution in [0.15, 0.2) is 12.7 Å². The number of nitrogen functional groups attached to an aromatic ring is 1. The molecule has 2 aromatic heterocycles. The molecule has 3 rings (SSSR count). The van der Waals surface area contributed by atoms with Gasteiger partial charge in [0, 0.05) is 0 Å². The molecule has 10 heteroatoms. The predicted molar refractivity (Wildman–Crippen MR) is 68.8 cm³/mol. The number of fused-ring (bicyclic) bond motifs is 1.